The SMILES string of the molecule is Cc1ccc(-c2ccc(-c3cc(F)c(C(F)(F)Oc4cc(F)c(F)c(F)c4)c(F)c3)c(F)c2F)cc1C. The van der Waals surface area contributed by atoms with Crippen LogP contribution in [0.5, 0.6) is 5.75 Å². The summed E-state index contributed by atoms with van der Waals surface area (Å²) in [6.45, 7) is 3.60. The van der Waals surface area contributed by atoms with Gasteiger partial charge in [0.15, 0.2) is 29.1 Å². The average molecular weight is 526 g/mol. The topological polar surface area (TPSA) is 9.23 Å². The van der Waals surface area contributed by atoms with Crippen molar-refractivity contribution < 1.29 is 44.3 Å². The fourth-order valence-electron chi connectivity index (χ4n) is 3.70. The van der Waals surface area contributed by atoms with Crippen molar-refractivity contribution in [1.29, 1.82) is 0 Å². The Morgan fingerprint density at radius 1 is 0.541 bits per heavy atom. The molecule has 4 aromatic carbocycles. The monoisotopic (exact) mass is 526 g/mol. The summed E-state index contributed by atoms with van der Waals surface area (Å²) in [6, 6.07) is 7.89. The number of benzene rings is 4. The highest BCUT2D eigenvalue weighted by atomic mass is 19.3. The van der Waals surface area contributed by atoms with Crippen molar-refractivity contribution in [3.05, 3.63) is 112 Å². The maximum atomic E-state index is 14.9. The van der Waals surface area contributed by atoms with Gasteiger partial charge >= 0.3 is 6.11 Å². The second-order valence-electron chi connectivity index (χ2n) is 8.22. The summed E-state index contributed by atoms with van der Waals surface area (Å²) in [4.78, 5) is 0. The van der Waals surface area contributed by atoms with Crippen LogP contribution in [0.3, 0.4) is 0 Å². The van der Waals surface area contributed by atoms with Crippen LogP contribution in [0.15, 0.2) is 54.6 Å². The zero-order chi connectivity index (χ0) is 27.2. The van der Waals surface area contributed by atoms with Crippen LogP contribution in [0.2, 0.25) is 0 Å². The molecule has 37 heavy (non-hydrogen) atoms. The molecule has 192 valence electrons. The largest absolute Gasteiger partial charge is 0.432 e. The summed E-state index contributed by atoms with van der Waals surface area (Å²) in [5, 5.41) is 0. The lowest BCUT2D eigenvalue weighted by Gasteiger charge is -2.20. The third kappa shape index (κ3) is 4.87. The Balaban J connectivity index is 1.72. The van der Waals surface area contributed by atoms with Crippen LogP contribution < -0.4 is 4.74 Å². The van der Waals surface area contributed by atoms with E-state index in [4.69, 9.17) is 0 Å². The maximum Gasteiger partial charge on any atom is 0.432 e. The first-order valence-corrected chi connectivity index (χ1v) is 10.6. The van der Waals surface area contributed by atoms with Crippen LogP contribution in [0.4, 0.5) is 39.5 Å². The Morgan fingerprint density at radius 2 is 1.05 bits per heavy atom. The molecule has 0 unspecified atom stereocenters. The molecule has 0 heterocycles. The molecule has 0 aromatic heterocycles. The molecule has 0 atom stereocenters. The van der Waals surface area contributed by atoms with Gasteiger partial charge in [0.25, 0.3) is 0 Å². The van der Waals surface area contributed by atoms with Gasteiger partial charge in [0.2, 0.25) is 0 Å². The molecule has 1 nitrogen and oxygen atoms in total. The minimum atomic E-state index is -4.82. The van der Waals surface area contributed by atoms with E-state index in [0.717, 1.165) is 17.2 Å². The minimum Gasteiger partial charge on any atom is -0.429 e. The second kappa shape index (κ2) is 9.49. The summed E-state index contributed by atoms with van der Waals surface area (Å²) in [5.41, 5.74) is -1.21. The summed E-state index contributed by atoms with van der Waals surface area (Å²) in [7, 11) is 0. The van der Waals surface area contributed by atoms with Gasteiger partial charge in [-0.1, -0.05) is 30.3 Å². The lowest BCUT2D eigenvalue weighted by atomic mass is 9.96. The quantitative estimate of drug-likeness (QED) is 0.187. The number of alkyl halides is 2. The van der Waals surface area contributed by atoms with Gasteiger partial charge in [-0.15, -0.1) is 0 Å². The van der Waals surface area contributed by atoms with Gasteiger partial charge in [-0.2, -0.15) is 8.78 Å². The molecular formula is C27H15F9O. The Hall–Kier alpha value is -3.95. The highest BCUT2D eigenvalue weighted by Crippen LogP contribution is 2.39. The van der Waals surface area contributed by atoms with Gasteiger partial charge in [0, 0.05) is 23.3 Å². The number of ether oxygens (including phenoxy) is 1. The molecule has 4 rings (SSSR count). The Labute approximate surface area is 204 Å². The molecule has 0 aliphatic heterocycles. The van der Waals surface area contributed by atoms with Gasteiger partial charge in [0.1, 0.15) is 22.9 Å². The second-order valence-corrected chi connectivity index (χ2v) is 8.22. The fraction of sp³-hybridized carbons (Fsp3) is 0.111. The molecule has 0 spiro atoms. The summed E-state index contributed by atoms with van der Waals surface area (Å²) in [6.07, 6.45) is -4.82. The third-order valence-corrected chi connectivity index (χ3v) is 5.75. The molecule has 0 amide bonds. The van der Waals surface area contributed by atoms with Gasteiger partial charge < -0.3 is 4.74 Å². The molecule has 0 aliphatic rings. The highest BCUT2D eigenvalue weighted by Gasteiger charge is 2.41. The highest BCUT2D eigenvalue weighted by molar-refractivity contribution is 5.72. The van der Waals surface area contributed by atoms with Crippen molar-refractivity contribution in [2.24, 2.45) is 0 Å². The first-order valence-electron chi connectivity index (χ1n) is 10.6. The smallest absolute Gasteiger partial charge is 0.429 e. The van der Waals surface area contributed by atoms with Crippen LogP contribution in [-0.2, 0) is 6.11 Å². The van der Waals surface area contributed by atoms with Crippen LogP contribution >= 0.6 is 0 Å². The summed E-state index contributed by atoms with van der Waals surface area (Å²) in [5.74, 6) is -13.6. The maximum absolute atomic E-state index is 14.9. The number of hydrogen-bond donors (Lipinski definition) is 0. The van der Waals surface area contributed by atoms with E-state index >= 15 is 0 Å². The van der Waals surface area contributed by atoms with Crippen molar-refractivity contribution >= 4 is 0 Å². The van der Waals surface area contributed by atoms with Crippen molar-refractivity contribution in [3.8, 4) is 28.0 Å². The van der Waals surface area contributed by atoms with Crippen LogP contribution in [0, 0.1) is 54.6 Å². The predicted octanol–water partition coefficient (Wildman–Crippen LogP) is 8.74. The van der Waals surface area contributed by atoms with E-state index in [2.05, 4.69) is 4.74 Å². The summed E-state index contributed by atoms with van der Waals surface area (Å²) < 4.78 is 132. The van der Waals surface area contributed by atoms with Gasteiger partial charge in [-0.05, 0) is 48.2 Å². The van der Waals surface area contributed by atoms with Crippen LogP contribution in [-0.4, -0.2) is 0 Å². The molecule has 4 aromatic rings. The first kappa shape index (κ1) is 26.1. The molecular weight excluding hydrogens is 511 g/mol. The molecule has 0 saturated heterocycles. The van der Waals surface area contributed by atoms with E-state index in [1.807, 2.05) is 6.92 Å². The Morgan fingerprint density at radius 3 is 1.57 bits per heavy atom. The van der Waals surface area contributed by atoms with Gasteiger partial charge in [0.05, 0.1) is 0 Å². The van der Waals surface area contributed by atoms with E-state index in [9.17, 15) is 39.5 Å². The third-order valence-electron chi connectivity index (χ3n) is 5.75. The Kier molecular flexibility index (Phi) is 6.70. The van der Waals surface area contributed by atoms with Crippen LogP contribution in [0.1, 0.15) is 16.7 Å². The van der Waals surface area contributed by atoms with Crippen molar-refractivity contribution in [1.82, 2.24) is 0 Å². The zero-order valence-electron chi connectivity index (χ0n) is 19.0. The van der Waals surface area contributed by atoms with Crippen molar-refractivity contribution in [2.75, 3.05) is 0 Å². The Bertz CT molecular complexity index is 1480. The van der Waals surface area contributed by atoms with Gasteiger partial charge in [-0.25, -0.2) is 30.7 Å². The fourth-order valence-corrected chi connectivity index (χ4v) is 3.70. The average Bonchev–Trinajstić information content (AvgIpc) is 2.80. The molecule has 0 bridgehead atoms. The van der Waals surface area contributed by atoms with E-state index in [1.165, 1.54) is 6.07 Å². The van der Waals surface area contributed by atoms with Crippen molar-refractivity contribution in [3.63, 3.8) is 0 Å². The van der Waals surface area contributed by atoms with E-state index in [0.29, 0.717) is 17.7 Å². The summed E-state index contributed by atoms with van der Waals surface area (Å²) >= 11 is 0. The van der Waals surface area contributed by atoms with E-state index in [-0.39, 0.29) is 17.7 Å². The van der Waals surface area contributed by atoms with Crippen LogP contribution in [0.25, 0.3) is 22.3 Å². The molecule has 0 aliphatic carbocycles. The predicted molar refractivity (Wildman–Crippen MR) is 117 cm³/mol. The number of rotatable bonds is 5. The van der Waals surface area contributed by atoms with Gasteiger partial charge in [-0.3, -0.25) is 0 Å². The molecule has 0 N–H and O–H groups in total. The normalized spacial score (nSPS) is 11.6. The minimum absolute atomic E-state index is 0.0613. The number of halogens is 9. The van der Waals surface area contributed by atoms with E-state index in [1.54, 1.807) is 25.1 Å². The van der Waals surface area contributed by atoms with E-state index < -0.39 is 69.3 Å². The zero-order valence-corrected chi connectivity index (χ0v) is 19.0. The number of aryl methyl sites for hydroxylation is 2. The number of hydrogen-bond acceptors (Lipinski definition) is 1. The lowest BCUT2D eigenvalue weighted by Crippen LogP contribution is -2.25. The van der Waals surface area contributed by atoms with Crippen molar-refractivity contribution in [2.45, 2.75) is 20.0 Å². The molecule has 10 heteroatoms. The standard InChI is InChI=1S/C27H15F9O/c1-12-3-4-14(7-13(12)2)17-5-6-18(25(33)24(17)32)15-8-19(28)23(20(29)9-15)27(35,36)37-16-10-21(30)26(34)22(31)11-16/h3-11H,1-2H3. The first-order chi connectivity index (χ1) is 17.3. The molecule has 0 fully saturated rings. The lowest BCUT2D eigenvalue weighted by molar-refractivity contribution is -0.189. The molecule has 0 radical (unpaired) electrons. The molecule has 0 saturated carbocycles.